The van der Waals surface area contributed by atoms with Crippen molar-refractivity contribution in [3.8, 4) is 5.69 Å². The molecule has 7 heteroatoms. The second kappa shape index (κ2) is 6.37. The van der Waals surface area contributed by atoms with Crippen molar-refractivity contribution in [1.82, 2.24) is 9.78 Å². The van der Waals surface area contributed by atoms with Gasteiger partial charge in [0, 0.05) is 34.7 Å². The number of nitrogens with one attached hydrogen (secondary N) is 1. The van der Waals surface area contributed by atoms with E-state index in [0.717, 1.165) is 32.8 Å². The predicted octanol–water partition coefficient (Wildman–Crippen LogP) is 4.85. The second-order valence-corrected chi connectivity index (χ2v) is 6.78. The van der Waals surface area contributed by atoms with Gasteiger partial charge in [0.05, 0.1) is 11.3 Å². The van der Waals surface area contributed by atoms with Gasteiger partial charge in [-0.05, 0) is 39.0 Å². The maximum atomic E-state index is 14.1. The number of benzene rings is 2. The first kappa shape index (κ1) is 18.0. The molecule has 0 fully saturated rings. The third kappa shape index (κ3) is 2.79. The molecule has 0 bridgehead atoms. The van der Waals surface area contributed by atoms with E-state index in [1.54, 1.807) is 13.0 Å². The Kier molecular flexibility index (Phi) is 4.10. The number of aryl methyl sites for hydroxylation is 2. The van der Waals surface area contributed by atoms with Crippen molar-refractivity contribution in [3.63, 3.8) is 0 Å². The molecule has 4 nitrogen and oxygen atoms in total. The third-order valence-electron chi connectivity index (χ3n) is 4.76. The first-order chi connectivity index (χ1) is 13.3. The van der Waals surface area contributed by atoms with E-state index in [-0.39, 0.29) is 5.69 Å². The maximum Gasteiger partial charge on any atom is 0.278 e. The number of H-pyrrole nitrogens is 1. The lowest BCUT2D eigenvalue weighted by atomic mass is 9.99. The van der Waals surface area contributed by atoms with Crippen molar-refractivity contribution >= 4 is 23.0 Å². The minimum atomic E-state index is -1.32. The van der Waals surface area contributed by atoms with Gasteiger partial charge in [0.25, 0.3) is 5.56 Å². The van der Waals surface area contributed by atoms with E-state index in [1.807, 2.05) is 32.0 Å². The van der Waals surface area contributed by atoms with Gasteiger partial charge in [0.15, 0.2) is 17.5 Å². The second-order valence-electron chi connectivity index (χ2n) is 6.78. The number of hydrogen-bond donors (Lipinski definition) is 1. The van der Waals surface area contributed by atoms with E-state index in [9.17, 15) is 18.0 Å². The fraction of sp³-hybridized carbons (Fsp3) is 0.143. The highest BCUT2D eigenvalue weighted by atomic mass is 19.2. The van der Waals surface area contributed by atoms with E-state index in [2.05, 4.69) is 10.1 Å². The summed E-state index contributed by atoms with van der Waals surface area (Å²) in [5.74, 6) is -3.59. The number of allylic oxidation sites excluding steroid dienone is 1. The molecular formula is C21H16F3N3O. The molecule has 4 rings (SSSR count). The highest BCUT2D eigenvalue weighted by Crippen LogP contribution is 2.36. The molecule has 28 heavy (non-hydrogen) atoms. The molecule has 1 aromatic heterocycles. The average Bonchev–Trinajstić information content (AvgIpc) is 3.09. The van der Waals surface area contributed by atoms with E-state index in [4.69, 9.17) is 0 Å². The number of halogens is 3. The van der Waals surface area contributed by atoms with Crippen LogP contribution in [0.5, 0.6) is 0 Å². The number of fused-ring (bicyclic) bond motifs is 1. The lowest BCUT2D eigenvalue weighted by molar-refractivity contribution is 0.491. The van der Waals surface area contributed by atoms with E-state index >= 15 is 0 Å². The number of aromatic amines is 1. The molecule has 0 radical (unpaired) electrons. The summed E-state index contributed by atoms with van der Waals surface area (Å²) in [7, 11) is 0. The van der Waals surface area contributed by atoms with E-state index in [1.165, 1.54) is 0 Å². The summed E-state index contributed by atoms with van der Waals surface area (Å²) >= 11 is 0. The minimum absolute atomic E-state index is 0.294. The molecule has 0 spiro atoms. The molecule has 0 saturated carbocycles. The number of nitrogens with zero attached hydrogens (tertiary/aromatic N) is 2. The van der Waals surface area contributed by atoms with Gasteiger partial charge in [-0.1, -0.05) is 11.6 Å². The Hall–Kier alpha value is -3.35. The zero-order valence-electron chi connectivity index (χ0n) is 15.4. The molecule has 3 aromatic rings. The molecule has 1 N–H and O–H groups in total. The van der Waals surface area contributed by atoms with Crippen LogP contribution in [-0.4, -0.2) is 15.5 Å². The zero-order valence-corrected chi connectivity index (χ0v) is 15.4. The van der Waals surface area contributed by atoms with Crippen LogP contribution in [0.1, 0.15) is 29.3 Å². The number of aliphatic imine (C=N–C) groups is 1. The SMILES string of the molecule is CC1=Nc2ccc(C)cc2C1=Cc1c(C)[nH]n(-c2cc(F)c(F)cc2F)c1=O. The molecule has 1 aliphatic rings. The van der Waals surface area contributed by atoms with Crippen LogP contribution in [0.2, 0.25) is 0 Å². The summed E-state index contributed by atoms with van der Waals surface area (Å²) in [6.07, 6.45) is 1.69. The zero-order chi connectivity index (χ0) is 20.2. The Morgan fingerprint density at radius 3 is 2.46 bits per heavy atom. The van der Waals surface area contributed by atoms with Gasteiger partial charge in [-0.25, -0.2) is 17.9 Å². The lowest BCUT2D eigenvalue weighted by Gasteiger charge is -2.04. The smallest absolute Gasteiger partial charge is 0.278 e. The van der Waals surface area contributed by atoms with Gasteiger partial charge < -0.3 is 0 Å². The summed E-state index contributed by atoms with van der Waals surface area (Å²) in [6.45, 7) is 5.46. The van der Waals surface area contributed by atoms with Crippen molar-refractivity contribution in [2.24, 2.45) is 4.99 Å². The standard InChI is InChI=1S/C21H16F3N3O/c1-10-4-5-19-15(6-10)13(11(2)25-19)7-14-12(3)26-27(21(14)28)20-9-17(23)16(22)8-18(20)24/h4-9,26H,1-3H3. The van der Waals surface area contributed by atoms with Crippen LogP contribution in [-0.2, 0) is 0 Å². The van der Waals surface area contributed by atoms with Gasteiger partial charge in [0.2, 0.25) is 0 Å². The van der Waals surface area contributed by atoms with Crippen LogP contribution < -0.4 is 5.56 Å². The lowest BCUT2D eigenvalue weighted by Crippen LogP contribution is -2.18. The highest BCUT2D eigenvalue weighted by molar-refractivity contribution is 6.31. The Balaban J connectivity index is 1.88. The van der Waals surface area contributed by atoms with Gasteiger partial charge in [-0.15, -0.1) is 0 Å². The average molecular weight is 383 g/mol. The van der Waals surface area contributed by atoms with Crippen LogP contribution in [0.3, 0.4) is 0 Å². The Labute approximate surface area is 158 Å². The van der Waals surface area contributed by atoms with Crippen molar-refractivity contribution in [2.45, 2.75) is 20.8 Å². The van der Waals surface area contributed by atoms with Crippen molar-refractivity contribution in [2.75, 3.05) is 0 Å². The van der Waals surface area contributed by atoms with Gasteiger partial charge >= 0.3 is 0 Å². The molecular weight excluding hydrogens is 367 g/mol. The summed E-state index contributed by atoms with van der Waals surface area (Å²) in [5.41, 5.74) is 4.13. The van der Waals surface area contributed by atoms with Crippen LogP contribution in [0.15, 0.2) is 40.1 Å². The normalized spacial score (nSPS) is 14.5. The molecule has 0 amide bonds. The monoisotopic (exact) mass is 383 g/mol. The quantitative estimate of drug-likeness (QED) is 0.632. The van der Waals surface area contributed by atoms with E-state index < -0.39 is 23.0 Å². The highest BCUT2D eigenvalue weighted by Gasteiger charge is 2.21. The van der Waals surface area contributed by atoms with Gasteiger partial charge in [-0.3, -0.25) is 14.9 Å². The summed E-state index contributed by atoms with van der Waals surface area (Å²) in [4.78, 5) is 17.4. The number of rotatable bonds is 2. The molecule has 2 heterocycles. The maximum absolute atomic E-state index is 14.1. The fourth-order valence-corrected chi connectivity index (χ4v) is 3.31. The van der Waals surface area contributed by atoms with Crippen LogP contribution >= 0.6 is 0 Å². The molecule has 1 aliphatic heterocycles. The summed E-state index contributed by atoms with van der Waals surface area (Å²) in [5, 5.41) is 2.73. The molecule has 0 saturated heterocycles. The van der Waals surface area contributed by atoms with Crippen LogP contribution in [0.25, 0.3) is 17.3 Å². The molecule has 0 atom stereocenters. The molecule has 2 aromatic carbocycles. The summed E-state index contributed by atoms with van der Waals surface area (Å²) in [6, 6.07) is 6.92. The Morgan fingerprint density at radius 2 is 1.71 bits per heavy atom. The van der Waals surface area contributed by atoms with Gasteiger partial charge in [0.1, 0.15) is 5.69 Å². The number of hydrogen-bond acceptors (Lipinski definition) is 2. The van der Waals surface area contributed by atoms with Crippen molar-refractivity contribution in [3.05, 3.63) is 80.5 Å². The topological polar surface area (TPSA) is 50.1 Å². The van der Waals surface area contributed by atoms with Gasteiger partial charge in [-0.2, -0.15) is 0 Å². The minimum Gasteiger partial charge on any atom is -0.295 e. The van der Waals surface area contributed by atoms with Crippen molar-refractivity contribution in [1.29, 1.82) is 0 Å². The van der Waals surface area contributed by atoms with Crippen molar-refractivity contribution < 1.29 is 13.2 Å². The van der Waals surface area contributed by atoms with E-state index in [0.29, 0.717) is 23.4 Å². The number of aromatic nitrogens is 2. The molecule has 142 valence electrons. The first-order valence-corrected chi connectivity index (χ1v) is 8.61. The first-order valence-electron chi connectivity index (χ1n) is 8.61. The molecule has 0 unspecified atom stereocenters. The Morgan fingerprint density at radius 1 is 1.00 bits per heavy atom. The predicted molar refractivity (Wildman–Crippen MR) is 103 cm³/mol. The molecule has 0 aliphatic carbocycles. The van der Waals surface area contributed by atoms with Crippen LogP contribution in [0.4, 0.5) is 18.9 Å². The summed E-state index contributed by atoms with van der Waals surface area (Å²) < 4.78 is 41.8. The van der Waals surface area contributed by atoms with Crippen LogP contribution in [0, 0.1) is 31.3 Å². The largest absolute Gasteiger partial charge is 0.295 e. The third-order valence-corrected chi connectivity index (χ3v) is 4.76. The Bertz CT molecular complexity index is 1250. The fourth-order valence-electron chi connectivity index (χ4n) is 3.31.